The lowest BCUT2D eigenvalue weighted by molar-refractivity contribution is -0.113. The summed E-state index contributed by atoms with van der Waals surface area (Å²) in [6, 6.07) is 17.1. The van der Waals surface area contributed by atoms with Crippen LogP contribution in [0.2, 0.25) is 0 Å². The van der Waals surface area contributed by atoms with E-state index in [9.17, 15) is 14.3 Å². The van der Waals surface area contributed by atoms with Crippen LogP contribution in [-0.4, -0.2) is 30.8 Å². The van der Waals surface area contributed by atoms with E-state index >= 15 is 0 Å². The highest BCUT2D eigenvalue weighted by Gasteiger charge is 2.34. The summed E-state index contributed by atoms with van der Waals surface area (Å²) < 4.78 is 15.0. The second-order valence-corrected chi connectivity index (χ2v) is 7.54. The first-order valence-corrected chi connectivity index (χ1v) is 10.2. The molecular formula is C24H19FN6O2. The summed E-state index contributed by atoms with van der Waals surface area (Å²) in [5, 5.41) is 20.7. The standard InChI is InChI=1S/C24H19FN6O2/c1-14-20(23(33)28-19-7-2-3-12-26-19)21(16-5-4-6-18(32)13-16)31-24(27-14)29-22(30-31)15-8-10-17(25)11-9-15/h2-13,21,32H,1H3,(H,26,28,33)(H,27,29,30). The Kier molecular flexibility index (Phi) is 5.06. The largest absolute Gasteiger partial charge is 0.508 e. The third kappa shape index (κ3) is 3.91. The summed E-state index contributed by atoms with van der Waals surface area (Å²) in [5.41, 5.74) is 2.27. The smallest absolute Gasteiger partial charge is 0.257 e. The Labute approximate surface area is 188 Å². The van der Waals surface area contributed by atoms with Gasteiger partial charge in [0.2, 0.25) is 5.95 Å². The van der Waals surface area contributed by atoms with Crippen LogP contribution in [0.5, 0.6) is 5.75 Å². The SMILES string of the molecule is CC1=C(C(=O)Nc2ccccn2)C(c2cccc(O)c2)n2nc(-c3ccc(F)cc3)nc2N1. The van der Waals surface area contributed by atoms with Gasteiger partial charge in [-0.25, -0.2) is 14.1 Å². The maximum absolute atomic E-state index is 13.4. The molecule has 5 rings (SSSR count). The van der Waals surface area contributed by atoms with Crippen LogP contribution in [-0.2, 0) is 4.79 Å². The third-order valence-electron chi connectivity index (χ3n) is 5.29. The fourth-order valence-electron chi connectivity index (χ4n) is 3.79. The Morgan fingerprint density at radius 2 is 1.94 bits per heavy atom. The van der Waals surface area contributed by atoms with Crippen molar-refractivity contribution in [2.24, 2.45) is 0 Å². The molecule has 1 atom stereocenters. The number of nitrogens with zero attached hydrogens (tertiary/aromatic N) is 4. The number of carbonyl (C=O) groups excluding carboxylic acids is 1. The molecule has 2 aromatic carbocycles. The number of anilines is 2. The van der Waals surface area contributed by atoms with Crippen LogP contribution in [0.15, 0.2) is 84.2 Å². The molecule has 0 radical (unpaired) electrons. The Hall–Kier alpha value is -4.53. The summed E-state index contributed by atoms with van der Waals surface area (Å²) in [5.74, 6) is 0.555. The Morgan fingerprint density at radius 3 is 2.67 bits per heavy atom. The van der Waals surface area contributed by atoms with Crippen molar-refractivity contribution in [3.05, 3.63) is 95.6 Å². The van der Waals surface area contributed by atoms with Gasteiger partial charge in [0, 0.05) is 17.5 Å². The van der Waals surface area contributed by atoms with E-state index < -0.39 is 6.04 Å². The lowest BCUT2D eigenvalue weighted by Gasteiger charge is -2.28. The average molecular weight is 442 g/mol. The number of phenols is 1. The first-order valence-electron chi connectivity index (χ1n) is 10.2. The summed E-state index contributed by atoms with van der Waals surface area (Å²) in [6.07, 6.45) is 1.59. The minimum absolute atomic E-state index is 0.0635. The number of hydrogen-bond acceptors (Lipinski definition) is 6. The van der Waals surface area contributed by atoms with Gasteiger partial charge in [0.15, 0.2) is 5.82 Å². The fourth-order valence-corrected chi connectivity index (χ4v) is 3.79. The first-order chi connectivity index (χ1) is 16.0. The molecule has 1 unspecified atom stereocenters. The van der Waals surface area contributed by atoms with Gasteiger partial charge < -0.3 is 15.7 Å². The van der Waals surface area contributed by atoms with Crippen LogP contribution in [0.4, 0.5) is 16.2 Å². The van der Waals surface area contributed by atoms with Crippen molar-refractivity contribution < 1.29 is 14.3 Å². The summed E-state index contributed by atoms with van der Waals surface area (Å²) in [6.45, 7) is 1.78. The van der Waals surface area contributed by atoms with E-state index in [1.165, 1.54) is 12.1 Å². The maximum Gasteiger partial charge on any atom is 0.257 e. The lowest BCUT2D eigenvalue weighted by atomic mass is 9.95. The molecule has 0 saturated heterocycles. The highest BCUT2D eigenvalue weighted by atomic mass is 19.1. The molecule has 0 aliphatic carbocycles. The highest BCUT2D eigenvalue weighted by Crippen LogP contribution is 2.37. The van der Waals surface area contributed by atoms with E-state index in [1.54, 1.807) is 72.4 Å². The molecule has 0 fully saturated rings. The molecule has 164 valence electrons. The van der Waals surface area contributed by atoms with Gasteiger partial charge in [0.05, 0.1) is 5.57 Å². The Bertz CT molecular complexity index is 1370. The van der Waals surface area contributed by atoms with Crippen LogP contribution >= 0.6 is 0 Å². The van der Waals surface area contributed by atoms with E-state index in [-0.39, 0.29) is 17.5 Å². The number of pyridine rings is 1. The highest BCUT2D eigenvalue weighted by molar-refractivity contribution is 6.05. The van der Waals surface area contributed by atoms with E-state index in [0.29, 0.717) is 40.0 Å². The molecule has 1 aliphatic heterocycles. The Balaban J connectivity index is 1.61. The number of rotatable bonds is 4. The number of phenolic OH excluding ortho intramolecular Hbond substituents is 1. The lowest BCUT2D eigenvalue weighted by Crippen LogP contribution is -2.31. The predicted molar refractivity (Wildman–Crippen MR) is 121 cm³/mol. The van der Waals surface area contributed by atoms with Crippen molar-refractivity contribution >= 4 is 17.7 Å². The quantitative estimate of drug-likeness (QED) is 0.439. The summed E-state index contributed by atoms with van der Waals surface area (Å²) in [4.78, 5) is 22.1. The third-order valence-corrected chi connectivity index (χ3v) is 5.29. The number of amides is 1. The number of fused-ring (bicyclic) bond motifs is 1. The van der Waals surface area contributed by atoms with Crippen molar-refractivity contribution in [3.8, 4) is 17.1 Å². The van der Waals surface area contributed by atoms with E-state index in [2.05, 4.69) is 25.7 Å². The number of hydrogen-bond donors (Lipinski definition) is 3. The molecule has 2 aromatic heterocycles. The average Bonchev–Trinajstić information content (AvgIpc) is 3.22. The van der Waals surface area contributed by atoms with Crippen LogP contribution < -0.4 is 10.6 Å². The van der Waals surface area contributed by atoms with Crippen LogP contribution in [0.1, 0.15) is 18.5 Å². The Morgan fingerprint density at radius 1 is 1.12 bits per heavy atom. The van der Waals surface area contributed by atoms with E-state index in [4.69, 9.17) is 0 Å². The zero-order valence-electron chi connectivity index (χ0n) is 17.5. The van der Waals surface area contributed by atoms with Crippen molar-refractivity contribution in [2.75, 3.05) is 10.6 Å². The zero-order valence-corrected chi connectivity index (χ0v) is 17.5. The zero-order chi connectivity index (χ0) is 22.9. The van der Waals surface area contributed by atoms with Crippen LogP contribution in [0, 0.1) is 5.82 Å². The second kappa shape index (κ2) is 8.19. The molecule has 8 nitrogen and oxygen atoms in total. The van der Waals surface area contributed by atoms with Gasteiger partial charge in [-0.2, -0.15) is 4.98 Å². The molecule has 1 aliphatic rings. The number of aromatic nitrogens is 4. The number of carbonyl (C=O) groups is 1. The van der Waals surface area contributed by atoms with Gasteiger partial charge >= 0.3 is 0 Å². The second-order valence-electron chi connectivity index (χ2n) is 7.54. The summed E-state index contributed by atoms with van der Waals surface area (Å²) >= 11 is 0. The van der Waals surface area contributed by atoms with Gasteiger partial charge in [-0.15, -0.1) is 5.10 Å². The van der Waals surface area contributed by atoms with Crippen molar-refractivity contribution in [1.29, 1.82) is 0 Å². The summed E-state index contributed by atoms with van der Waals surface area (Å²) in [7, 11) is 0. The molecule has 33 heavy (non-hydrogen) atoms. The molecule has 0 spiro atoms. The van der Waals surface area contributed by atoms with Gasteiger partial charge in [-0.3, -0.25) is 4.79 Å². The van der Waals surface area contributed by atoms with Gasteiger partial charge in [-0.05, 0) is 61.0 Å². The number of nitrogens with one attached hydrogen (secondary N) is 2. The fraction of sp³-hybridized carbons (Fsp3) is 0.0833. The minimum Gasteiger partial charge on any atom is -0.508 e. The van der Waals surface area contributed by atoms with Crippen LogP contribution in [0.25, 0.3) is 11.4 Å². The monoisotopic (exact) mass is 442 g/mol. The van der Waals surface area contributed by atoms with Gasteiger partial charge in [0.1, 0.15) is 23.4 Å². The molecule has 9 heteroatoms. The van der Waals surface area contributed by atoms with Crippen molar-refractivity contribution in [1.82, 2.24) is 19.7 Å². The molecular weight excluding hydrogens is 423 g/mol. The van der Waals surface area contributed by atoms with Gasteiger partial charge in [-0.1, -0.05) is 18.2 Å². The number of aromatic hydroxyl groups is 1. The normalized spacial score (nSPS) is 15.0. The molecule has 0 saturated carbocycles. The van der Waals surface area contributed by atoms with Crippen molar-refractivity contribution in [2.45, 2.75) is 13.0 Å². The number of benzene rings is 2. The van der Waals surface area contributed by atoms with E-state index in [0.717, 1.165) is 0 Å². The molecule has 4 aromatic rings. The predicted octanol–water partition coefficient (Wildman–Crippen LogP) is 4.11. The van der Waals surface area contributed by atoms with E-state index in [1.807, 2.05) is 0 Å². The number of halogens is 1. The molecule has 1 amide bonds. The first kappa shape index (κ1) is 20.4. The van der Waals surface area contributed by atoms with Crippen molar-refractivity contribution in [3.63, 3.8) is 0 Å². The van der Waals surface area contributed by atoms with Crippen LogP contribution in [0.3, 0.4) is 0 Å². The maximum atomic E-state index is 13.4. The molecule has 3 heterocycles. The van der Waals surface area contributed by atoms with Gasteiger partial charge in [0.25, 0.3) is 5.91 Å². The molecule has 3 N–H and O–H groups in total. The molecule has 0 bridgehead atoms. The topological polar surface area (TPSA) is 105 Å². The minimum atomic E-state index is -0.668. The number of allylic oxidation sites excluding steroid dienone is 1.